The van der Waals surface area contributed by atoms with Crippen LogP contribution in [0, 0.1) is 0 Å². The molecule has 0 unspecified atom stereocenters. The summed E-state index contributed by atoms with van der Waals surface area (Å²) in [6, 6.07) is 3.06. The Balaban J connectivity index is 1.98. The van der Waals surface area contributed by atoms with E-state index in [0.29, 0.717) is 20.7 Å². The summed E-state index contributed by atoms with van der Waals surface area (Å²) in [6.45, 7) is -1.43. The Kier molecular flexibility index (Phi) is 5.15. The van der Waals surface area contributed by atoms with Crippen LogP contribution in [-0.2, 0) is 0 Å². The summed E-state index contributed by atoms with van der Waals surface area (Å²) in [5, 5.41) is 3.70. The van der Waals surface area contributed by atoms with E-state index < -0.39 is 12.8 Å². The van der Waals surface area contributed by atoms with Crippen LogP contribution in [0.1, 0.15) is 40.4 Å². The van der Waals surface area contributed by atoms with Crippen molar-refractivity contribution in [2.24, 2.45) is 0 Å². The van der Waals surface area contributed by atoms with E-state index in [1.54, 1.807) is 12.3 Å². The Bertz CT molecular complexity index is 802. The number of nitrogens with zero attached hydrogens (tertiary/aromatic N) is 1. The van der Waals surface area contributed by atoms with E-state index in [0.717, 1.165) is 24.6 Å². The Hall–Kier alpha value is -1.48. The number of hydrogen-bond donors (Lipinski definition) is 0. The van der Waals surface area contributed by atoms with Crippen molar-refractivity contribution in [3.05, 3.63) is 39.7 Å². The van der Waals surface area contributed by atoms with Gasteiger partial charge in [-0.25, -0.2) is 0 Å². The van der Waals surface area contributed by atoms with E-state index in [-0.39, 0.29) is 23.0 Å². The molecule has 1 fully saturated rings. The highest BCUT2D eigenvalue weighted by atomic mass is 79.9. The fourth-order valence-corrected chi connectivity index (χ4v) is 3.72. The van der Waals surface area contributed by atoms with Crippen molar-refractivity contribution in [2.45, 2.75) is 29.8 Å². The first kappa shape index (κ1) is 18.3. The summed E-state index contributed by atoms with van der Waals surface area (Å²) in [6.07, 6.45) is 0.436. The molecule has 0 radical (unpaired) electrons. The third-order valence-electron chi connectivity index (χ3n) is 3.68. The topological polar surface area (TPSA) is 52.3 Å². The van der Waals surface area contributed by atoms with Crippen molar-refractivity contribution >= 4 is 33.5 Å². The summed E-state index contributed by atoms with van der Waals surface area (Å²) < 4.78 is 48.0. The summed E-state index contributed by atoms with van der Waals surface area (Å²) in [5.41, 5.74) is 0.611. The number of carbonyl (C=O) groups is 1. The van der Waals surface area contributed by atoms with Gasteiger partial charge in [-0.15, -0.1) is 11.8 Å². The Morgan fingerprint density at radius 2 is 2.12 bits per heavy atom. The monoisotopic (exact) mass is 435 g/mol. The summed E-state index contributed by atoms with van der Waals surface area (Å²) in [4.78, 5) is 13.2. The zero-order valence-corrected chi connectivity index (χ0v) is 15.4. The minimum Gasteiger partial charge on any atom is -0.482 e. The molecule has 134 valence electrons. The van der Waals surface area contributed by atoms with Gasteiger partial charge in [0.05, 0.1) is 21.1 Å². The van der Waals surface area contributed by atoms with Gasteiger partial charge in [0.15, 0.2) is 18.2 Å². The van der Waals surface area contributed by atoms with E-state index in [4.69, 9.17) is 9.26 Å². The molecule has 3 rings (SSSR count). The fraction of sp³-hybridized carbons (Fsp3) is 0.375. The average Bonchev–Trinajstić information content (AvgIpc) is 3.28. The van der Waals surface area contributed by atoms with Gasteiger partial charge in [-0.1, -0.05) is 5.16 Å². The zero-order valence-electron chi connectivity index (χ0n) is 13.0. The Morgan fingerprint density at radius 3 is 2.72 bits per heavy atom. The average molecular weight is 436 g/mol. The summed E-state index contributed by atoms with van der Waals surface area (Å²) >= 11 is 4.34. The van der Waals surface area contributed by atoms with E-state index in [9.17, 15) is 18.0 Å². The molecule has 0 atom stereocenters. The molecule has 0 N–H and O–H groups in total. The zero-order chi connectivity index (χ0) is 18.2. The first-order chi connectivity index (χ1) is 11.8. The fourth-order valence-electron chi connectivity index (χ4n) is 2.41. The standard InChI is InChI=1S/C16H13BrF3NO3S/c1-25-15-9(4-5-11(17)14(15)23-7-16(18,19)20)12(22)10-6-21-24-13(10)8-2-3-8/h4-6,8H,2-3,7H2,1H3. The minimum absolute atomic E-state index is 0.0000935. The third-order valence-corrected chi connectivity index (χ3v) is 5.12. The maximum absolute atomic E-state index is 12.9. The van der Waals surface area contributed by atoms with Gasteiger partial charge in [0, 0.05) is 11.5 Å². The number of ketones is 1. The van der Waals surface area contributed by atoms with Crippen LogP contribution in [0.25, 0.3) is 0 Å². The highest BCUT2D eigenvalue weighted by Gasteiger charge is 2.34. The lowest BCUT2D eigenvalue weighted by molar-refractivity contribution is -0.153. The molecule has 0 bridgehead atoms. The minimum atomic E-state index is -4.47. The summed E-state index contributed by atoms with van der Waals surface area (Å²) in [7, 11) is 0. The number of benzene rings is 1. The van der Waals surface area contributed by atoms with Gasteiger partial charge in [0.1, 0.15) is 5.75 Å². The second-order valence-electron chi connectivity index (χ2n) is 5.57. The van der Waals surface area contributed by atoms with Gasteiger partial charge in [0.25, 0.3) is 0 Å². The number of rotatable bonds is 6. The molecule has 1 aliphatic carbocycles. The third kappa shape index (κ3) is 4.03. The van der Waals surface area contributed by atoms with Crippen LogP contribution < -0.4 is 4.74 Å². The Morgan fingerprint density at radius 1 is 1.40 bits per heavy atom. The molecule has 1 aromatic carbocycles. The second-order valence-corrected chi connectivity index (χ2v) is 7.24. The lowest BCUT2D eigenvalue weighted by Gasteiger charge is -2.16. The van der Waals surface area contributed by atoms with Crippen LogP contribution in [0.4, 0.5) is 13.2 Å². The van der Waals surface area contributed by atoms with Gasteiger partial charge >= 0.3 is 6.18 Å². The van der Waals surface area contributed by atoms with Gasteiger partial charge in [-0.2, -0.15) is 13.2 Å². The number of aromatic nitrogens is 1. The quantitative estimate of drug-likeness (QED) is 0.460. The van der Waals surface area contributed by atoms with Crippen molar-refractivity contribution in [2.75, 3.05) is 12.9 Å². The first-order valence-corrected chi connectivity index (χ1v) is 9.39. The van der Waals surface area contributed by atoms with Crippen LogP contribution in [0.3, 0.4) is 0 Å². The number of ether oxygens (including phenoxy) is 1. The number of hydrogen-bond acceptors (Lipinski definition) is 5. The normalized spacial score (nSPS) is 14.6. The van der Waals surface area contributed by atoms with Crippen LogP contribution >= 0.6 is 27.7 Å². The molecule has 0 saturated heterocycles. The van der Waals surface area contributed by atoms with Crippen molar-refractivity contribution in [3.63, 3.8) is 0 Å². The van der Waals surface area contributed by atoms with Crippen LogP contribution in [0.15, 0.2) is 32.2 Å². The molecule has 4 nitrogen and oxygen atoms in total. The second kappa shape index (κ2) is 7.03. The number of thioether (sulfide) groups is 1. The molecule has 25 heavy (non-hydrogen) atoms. The van der Waals surface area contributed by atoms with Crippen molar-refractivity contribution in [1.82, 2.24) is 5.16 Å². The SMILES string of the molecule is CSc1c(C(=O)c2cnoc2C2CC2)ccc(Br)c1OCC(F)(F)F. The van der Waals surface area contributed by atoms with E-state index in [1.165, 1.54) is 12.3 Å². The van der Waals surface area contributed by atoms with Gasteiger partial charge in [-0.05, 0) is 47.2 Å². The predicted molar refractivity (Wildman–Crippen MR) is 89.4 cm³/mol. The first-order valence-electron chi connectivity index (χ1n) is 7.37. The van der Waals surface area contributed by atoms with Crippen LogP contribution in [0.2, 0.25) is 0 Å². The molecule has 1 heterocycles. The highest BCUT2D eigenvalue weighted by molar-refractivity contribution is 9.10. The molecule has 1 aliphatic rings. The Labute approximate surface area is 154 Å². The van der Waals surface area contributed by atoms with E-state index in [1.807, 2.05) is 0 Å². The maximum Gasteiger partial charge on any atom is 0.422 e. The maximum atomic E-state index is 12.9. The van der Waals surface area contributed by atoms with Crippen LogP contribution in [0.5, 0.6) is 5.75 Å². The molecular weight excluding hydrogens is 423 g/mol. The van der Waals surface area contributed by atoms with Gasteiger partial charge < -0.3 is 9.26 Å². The van der Waals surface area contributed by atoms with Crippen LogP contribution in [-0.4, -0.2) is 30.0 Å². The highest BCUT2D eigenvalue weighted by Crippen LogP contribution is 2.44. The lowest BCUT2D eigenvalue weighted by atomic mass is 10.0. The largest absolute Gasteiger partial charge is 0.482 e. The van der Waals surface area contributed by atoms with E-state index in [2.05, 4.69) is 21.1 Å². The number of carbonyl (C=O) groups excluding carboxylic acids is 1. The summed E-state index contributed by atoms with van der Waals surface area (Å²) in [5.74, 6) is 0.394. The molecule has 2 aromatic rings. The van der Waals surface area contributed by atoms with Crippen molar-refractivity contribution in [3.8, 4) is 5.75 Å². The number of halogens is 4. The lowest BCUT2D eigenvalue weighted by Crippen LogP contribution is -2.20. The molecule has 0 aliphatic heterocycles. The number of alkyl halides is 3. The molecule has 0 spiro atoms. The molecule has 9 heteroatoms. The molecule has 1 saturated carbocycles. The molecule has 0 amide bonds. The molecular formula is C16H13BrF3NO3S. The smallest absolute Gasteiger partial charge is 0.422 e. The van der Waals surface area contributed by atoms with Crippen molar-refractivity contribution < 1.29 is 27.2 Å². The van der Waals surface area contributed by atoms with E-state index >= 15 is 0 Å². The molecule has 1 aromatic heterocycles. The van der Waals surface area contributed by atoms with Gasteiger partial charge in [0.2, 0.25) is 0 Å². The van der Waals surface area contributed by atoms with Gasteiger partial charge in [-0.3, -0.25) is 4.79 Å². The van der Waals surface area contributed by atoms with Crippen molar-refractivity contribution in [1.29, 1.82) is 0 Å². The predicted octanol–water partition coefficient (Wildman–Crippen LogP) is 5.21.